The minimum absolute atomic E-state index is 0.0116. The molecule has 0 fully saturated rings. The third kappa shape index (κ3) is 6.71. The van der Waals surface area contributed by atoms with Crippen molar-refractivity contribution in [2.45, 2.75) is 25.2 Å². The Balaban J connectivity index is 1.29. The van der Waals surface area contributed by atoms with Crippen LogP contribution >= 0.6 is 0 Å². The number of benzene rings is 2. The van der Waals surface area contributed by atoms with Gasteiger partial charge in [0.25, 0.3) is 5.88 Å². The van der Waals surface area contributed by atoms with Crippen LogP contribution in [0.15, 0.2) is 78.8 Å². The molecule has 1 atom stereocenters. The van der Waals surface area contributed by atoms with Crippen LogP contribution in [-0.2, 0) is 13.0 Å². The standard InChI is InChI=1S/C25H20F5N3O3/c26-19-12-16(6-8-21(19)36-18-7-9-22(31-13-18)25(28,29)30)10-11-34-23-20(27)14-32-24(33-23)35-15-17-4-2-1-3-5-17/h1-9,12-14,22,31H,10-11,15H2. The van der Waals surface area contributed by atoms with Gasteiger partial charge in [-0.1, -0.05) is 36.4 Å². The van der Waals surface area contributed by atoms with E-state index in [4.69, 9.17) is 14.2 Å². The van der Waals surface area contributed by atoms with Crippen molar-refractivity contribution in [3.8, 4) is 17.6 Å². The van der Waals surface area contributed by atoms with Crippen LogP contribution in [0.2, 0.25) is 0 Å². The summed E-state index contributed by atoms with van der Waals surface area (Å²) in [7, 11) is 0. The van der Waals surface area contributed by atoms with Gasteiger partial charge in [-0.3, -0.25) is 0 Å². The van der Waals surface area contributed by atoms with Crippen molar-refractivity contribution in [2.24, 2.45) is 0 Å². The van der Waals surface area contributed by atoms with Crippen LogP contribution < -0.4 is 19.5 Å². The molecular formula is C25H20F5N3O3. The molecular weight excluding hydrogens is 485 g/mol. The first-order chi connectivity index (χ1) is 17.3. The predicted molar refractivity (Wildman–Crippen MR) is 119 cm³/mol. The van der Waals surface area contributed by atoms with E-state index in [9.17, 15) is 22.0 Å². The molecule has 4 rings (SSSR count). The van der Waals surface area contributed by atoms with Gasteiger partial charge in [0.1, 0.15) is 18.4 Å². The van der Waals surface area contributed by atoms with E-state index in [0.717, 1.165) is 30.1 Å². The normalized spacial score (nSPS) is 15.1. The summed E-state index contributed by atoms with van der Waals surface area (Å²) >= 11 is 0. The Morgan fingerprint density at radius 3 is 2.44 bits per heavy atom. The van der Waals surface area contributed by atoms with Gasteiger partial charge < -0.3 is 19.5 Å². The maximum atomic E-state index is 14.4. The average molecular weight is 505 g/mol. The number of dihydropyridines is 1. The van der Waals surface area contributed by atoms with Crippen LogP contribution in [0.4, 0.5) is 22.0 Å². The Bertz CT molecular complexity index is 1250. The van der Waals surface area contributed by atoms with E-state index in [1.165, 1.54) is 12.1 Å². The van der Waals surface area contributed by atoms with Crippen molar-refractivity contribution >= 4 is 0 Å². The number of nitrogens with zero attached hydrogens (tertiary/aromatic N) is 2. The lowest BCUT2D eigenvalue weighted by atomic mass is 10.1. The lowest BCUT2D eigenvalue weighted by Crippen LogP contribution is -2.39. The number of allylic oxidation sites excluding steroid dienone is 1. The van der Waals surface area contributed by atoms with E-state index < -0.39 is 23.9 Å². The molecule has 0 aliphatic carbocycles. The molecule has 1 aliphatic rings. The van der Waals surface area contributed by atoms with Gasteiger partial charge in [-0.2, -0.15) is 22.5 Å². The molecule has 0 saturated heterocycles. The van der Waals surface area contributed by atoms with Gasteiger partial charge in [0, 0.05) is 12.6 Å². The summed E-state index contributed by atoms with van der Waals surface area (Å²) in [6, 6.07) is 11.5. The Morgan fingerprint density at radius 1 is 0.944 bits per heavy atom. The molecule has 188 valence electrons. The zero-order valence-corrected chi connectivity index (χ0v) is 18.6. The van der Waals surface area contributed by atoms with Crippen molar-refractivity contribution in [1.82, 2.24) is 15.3 Å². The number of aromatic nitrogens is 2. The number of hydrogen-bond donors (Lipinski definition) is 1. The zero-order valence-electron chi connectivity index (χ0n) is 18.6. The van der Waals surface area contributed by atoms with Crippen molar-refractivity contribution < 1.29 is 36.2 Å². The van der Waals surface area contributed by atoms with Crippen LogP contribution in [0.3, 0.4) is 0 Å². The molecule has 6 nitrogen and oxygen atoms in total. The first kappa shape index (κ1) is 25.0. The molecule has 1 unspecified atom stereocenters. The zero-order chi connectivity index (χ0) is 25.5. The van der Waals surface area contributed by atoms with E-state index in [-0.39, 0.29) is 43.0 Å². The molecule has 36 heavy (non-hydrogen) atoms. The maximum Gasteiger partial charge on any atom is 0.412 e. The highest BCUT2D eigenvalue weighted by atomic mass is 19.4. The van der Waals surface area contributed by atoms with Crippen LogP contribution in [-0.4, -0.2) is 28.8 Å². The van der Waals surface area contributed by atoms with Crippen LogP contribution in [0, 0.1) is 11.6 Å². The molecule has 0 saturated carbocycles. The maximum absolute atomic E-state index is 14.4. The quantitative estimate of drug-likeness (QED) is 0.400. The van der Waals surface area contributed by atoms with E-state index in [1.54, 1.807) is 6.07 Å². The summed E-state index contributed by atoms with van der Waals surface area (Å²) in [5, 5.41) is 2.14. The lowest BCUT2D eigenvalue weighted by Gasteiger charge is -2.21. The molecule has 0 amide bonds. The lowest BCUT2D eigenvalue weighted by molar-refractivity contribution is -0.142. The highest BCUT2D eigenvalue weighted by molar-refractivity contribution is 5.33. The summed E-state index contributed by atoms with van der Waals surface area (Å²) < 4.78 is 82.6. The van der Waals surface area contributed by atoms with E-state index in [2.05, 4.69) is 15.3 Å². The average Bonchev–Trinajstić information content (AvgIpc) is 2.86. The molecule has 0 bridgehead atoms. The fourth-order valence-electron chi connectivity index (χ4n) is 3.14. The van der Waals surface area contributed by atoms with Crippen molar-refractivity contribution in [3.05, 3.63) is 102 Å². The van der Waals surface area contributed by atoms with Gasteiger partial charge in [-0.15, -0.1) is 0 Å². The first-order valence-electron chi connectivity index (χ1n) is 10.8. The molecule has 2 heterocycles. The monoisotopic (exact) mass is 505 g/mol. The molecule has 0 radical (unpaired) electrons. The van der Waals surface area contributed by atoms with Crippen LogP contribution in [0.5, 0.6) is 17.6 Å². The molecule has 0 spiro atoms. The number of rotatable bonds is 9. The summed E-state index contributed by atoms with van der Waals surface area (Å²) in [6.45, 7) is 0.188. The molecule has 11 heteroatoms. The Morgan fingerprint density at radius 2 is 1.75 bits per heavy atom. The fraction of sp³-hybridized carbons (Fsp3) is 0.200. The Kier molecular flexibility index (Phi) is 7.67. The Labute approximate surface area is 203 Å². The van der Waals surface area contributed by atoms with Crippen molar-refractivity contribution in [2.75, 3.05) is 6.61 Å². The van der Waals surface area contributed by atoms with Gasteiger partial charge in [-0.25, -0.2) is 9.37 Å². The second-order valence-corrected chi connectivity index (χ2v) is 7.64. The highest BCUT2D eigenvalue weighted by Gasteiger charge is 2.38. The van der Waals surface area contributed by atoms with Gasteiger partial charge in [0.15, 0.2) is 11.6 Å². The van der Waals surface area contributed by atoms with Gasteiger partial charge in [-0.05, 0) is 35.4 Å². The minimum atomic E-state index is -4.45. The third-order valence-corrected chi connectivity index (χ3v) is 4.96. The second kappa shape index (κ2) is 11.1. The summed E-state index contributed by atoms with van der Waals surface area (Å²) in [4.78, 5) is 7.71. The molecule has 2 aromatic carbocycles. The second-order valence-electron chi connectivity index (χ2n) is 7.64. The number of ether oxygens (including phenoxy) is 3. The largest absolute Gasteiger partial charge is 0.475 e. The summed E-state index contributed by atoms with van der Waals surface area (Å²) in [5.41, 5.74) is 1.42. The third-order valence-electron chi connectivity index (χ3n) is 4.96. The fourth-order valence-corrected chi connectivity index (χ4v) is 3.14. The topological polar surface area (TPSA) is 65.5 Å². The smallest absolute Gasteiger partial charge is 0.412 e. The van der Waals surface area contributed by atoms with Crippen LogP contribution in [0.1, 0.15) is 11.1 Å². The summed E-state index contributed by atoms with van der Waals surface area (Å²) in [5.74, 6) is -1.93. The molecule has 1 aliphatic heterocycles. The Hall–Kier alpha value is -4.15. The van der Waals surface area contributed by atoms with E-state index >= 15 is 0 Å². The number of nitrogens with one attached hydrogen (secondary N) is 1. The highest BCUT2D eigenvalue weighted by Crippen LogP contribution is 2.26. The van der Waals surface area contributed by atoms with E-state index in [0.29, 0.717) is 5.56 Å². The minimum Gasteiger partial charge on any atom is -0.475 e. The van der Waals surface area contributed by atoms with E-state index in [1.807, 2.05) is 30.3 Å². The predicted octanol–water partition coefficient (Wildman–Crippen LogP) is 5.27. The van der Waals surface area contributed by atoms with Crippen molar-refractivity contribution in [1.29, 1.82) is 0 Å². The number of halogens is 5. The summed E-state index contributed by atoms with van der Waals surface area (Å²) in [6.07, 6.45) is -0.271. The van der Waals surface area contributed by atoms with Crippen molar-refractivity contribution in [3.63, 3.8) is 0 Å². The van der Waals surface area contributed by atoms with Gasteiger partial charge in [0.05, 0.1) is 12.8 Å². The molecule has 1 aromatic heterocycles. The number of hydrogen-bond acceptors (Lipinski definition) is 6. The van der Waals surface area contributed by atoms with Gasteiger partial charge in [0.2, 0.25) is 5.82 Å². The SMILES string of the molecule is Fc1cc(CCOc2nc(OCc3ccccc3)ncc2F)ccc1OC1=CNC(C(F)(F)F)C=C1. The molecule has 3 aromatic rings. The number of alkyl halides is 3. The van der Waals surface area contributed by atoms with Gasteiger partial charge >= 0.3 is 12.2 Å². The first-order valence-corrected chi connectivity index (χ1v) is 10.8. The van der Waals surface area contributed by atoms with Crippen LogP contribution in [0.25, 0.3) is 0 Å². The molecule has 1 N–H and O–H groups in total.